The predicted octanol–water partition coefficient (Wildman–Crippen LogP) is 3.81. The first-order chi connectivity index (χ1) is 12.9. The van der Waals surface area contributed by atoms with Crippen LogP contribution in [0.25, 0.3) is 22.5 Å². The lowest BCUT2D eigenvalue weighted by atomic mass is 10.00. The van der Waals surface area contributed by atoms with Gasteiger partial charge in [-0.05, 0) is 30.0 Å². The summed E-state index contributed by atoms with van der Waals surface area (Å²) in [6, 6.07) is 12.6. The highest BCUT2D eigenvalue weighted by Crippen LogP contribution is 2.38. The summed E-state index contributed by atoms with van der Waals surface area (Å²) in [5, 5.41) is 0. The van der Waals surface area contributed by atoms with E-state index in [1.165, 1.54) is 24.0 Å². The Hall–Kier alpha value is -2.66. The monoisotopic (exact) mass is 346 g/mol. The van der Waals surface area contributed by atoms with Crippen LogP contribution in [0.3, 0.4) is 0 Å². The van der Waals surface area contributed by atoms with Crippen LogP contribution in [0.1, 0.15) is 24.2 Å². The van der Waals surface area contributed by atoms with E-state index >= 15 is 0 Å². The first-order valence-corrected chi connectivity index (χ1v) is 9.35. The molecule has 5 nitrogen and oxygen atoms in total. The molecule has 1 aromatic carbocycles. The van der Waals surface area contributed by atoms with Crippen LogP contribution in [0, 0.1) is 0 Å². The molecule has 0 spiro atoms. The van der Waals surface area contributed by atoms with Crippen molar-refractivity contribution in [1.82, 2.24) is 15.0 Å². The largest absolute Gasteiger partial charge is 0.375 e. The molecular formula is C21H22N4O. The molecule has 1 saturated heterocycles. The lowest BCUT2D eigenvalue weighted by molar-refractivity contribution is 0.107. The third-order valence-corrected chi connectivity index (χ3v) is 5.25. The van der Waals surface area contributed by atoms with Crippen molar-refractivity contribution in [3.05, 3.63) is 54.0 Å². The van der Waals surface area contributed by atoms with Crippen molar-refractivity contribution in [3.63, 3.8) is 0 Å². The normalized spacial score (nSPS) is 16.7. The number of rotatable bonds is 3. The molecule has 5 rings (SSSR count). The minimum atomic E-state index is 0.613. The number of ether oxygens (including phenoxy) is 1. The molecule has 26 heavy (non-hydrogen) atoms. The molecule has 132 valence electrons. The van der Waals surface area contributed by atoms with E-state index in [9.17, 15) is 0 Å². The van der Waals surface area contributed by atoms with Crippen LogP contribution in [0.5, 0.6) is 0 Å². The highest BCUT2D eigenvalue weighted by molar-refractivity contribution is 5.88. The van der Waals surface area contributed by atoms with Gasteiger partial charge in [-0.3, -0.25) is 0 Å². The molecular weight excluding hydrogens is 324 g/mol. The van der Waals surface area contributed by atoms with Crippen LogP contribution >= 0.6 is 0 Å². The SMILES string of the molecule is c1ccc(-c2ccnc(N3CCCC3)c2-c2nc3c([nH]2)COCC3)cc1. The topological polar surface area (TPSA) is 54.0 Å². The highest BCUT2D eigenvalue weighted by atomic mass is 16.5. The zero-order chi connectivity index (χ0) is 17.3. The summed E-state index contributed by atoms with van der Waals surface area (Å²) >= 11 is 0. The summed E-state index contributed by atoms with van der Waals surface area (Å²) in [5.74, 6) is 1.95. The third-order valence-electron chi connectivity index (χ3n) is 5.25. The van der Waals surface area contributed by atoms with Crippen LogP contribution in [-0.4, -0.2) is 34.6 Å². The fourth-order valence-electron chi connectivity index (χ4n) is 3.94. The Bertz CT molecular complexity index is 890. The van der Waals surface area contributed by atoms with Gasteiger partial charge in [0.05, 0.1) is 30.2 Å². The average Bonchev–Trinajstić information content (AvgIpc) is 3.37. The van der Waals surface area contributed by atoms with Crippen molar-refractivity contribution in [1.29, 1.82) is 0 Å². The fourth-order valence-corrected chi connectivity index (χ4v) is 3.94. The van der Waals surface area contributed by atoms with Gasteiger partial charge in [-0.15, -0.1) is 0 Å². The van der Waals surface area contributed by atoms with Gasteiger partial charge in [-0.2, -0.15) is 0 Å². The Morgan fingerprint density at radius 3 is 2.69 bits per heavy atom. The van der Waals surface area contributed by atoms with E-state index in [0.29, 0.717) is 6.61 Å². The van der Waals surface area contributed by atoms with Crippen molar-refractivity contribution >= 4 is 5.82 Å². The number of hydrogen-bond acceptors (Lipinski definition) is 4. The Morgan fingerprint density at radius 2 is 1.88 bits per heavy atom. The van der Waals surface area contributed by atoms with Gasteiger partial charge in [-0.25, -0.2) is 9.97 Å². The molecule has 1 fully saturated rings. The number of pyridine rings is 1. The Morgan fingerprint density at radius 1 is 1.04 bits per heavy atom. The van der Waals surface area contributed by atoms with E-state index in [1.807, 2.05) is 6.20 Å². The van der Waals surface area contributed by atoms with Crippen LogP contribution in [0.2, 0.25) is 0 Å². The molecule has 2 aromatic heterocycles. The van der Waals surface area contributed by atoms with Crippen molar-refractivity contribution in [2.75, 3.05) is 24.6 Å². The van der Waals surface area contributed by atoms with Gasteiger partial charge < -0.3 is 14.6 Å². The lowest BCUT2D eigenvalue weighted by Crippen LogP contribution is -2.20. The van der Waals surface area contributed by atoms with E-state index < -0.39 is 0 Å². The molecule has 2 aliphatic rings. The minimum absolute atomic E-state index is 0.613. The predicted molar refractivity (Wildman–Crippen MR) is 102 cm³/mol. The van der Waals surface area contributed by atoms with Gasteiger partial charge in [0.2, 0.25) is 0 Å². The number of H-pyrrole nitrogens is 1. The summed E-state index contributed by atoms with van der Waals surface area (Å²) < 4.78 is 5.59. The molecule has 1 N–H and O–H groups in total. The maximum absolute atomic E-state index is 5.59. The Kier molecular flexibility index (Phi) is 3.94. The van der Waals surface area contributed by atoms with Gasteiger partial charge in [0.15, 0.2) is 0 Å². The van der Waals surface area contributed by atoms with Gasteiger partial charge in [0.1, 0.15) is 11.6 Å². The summed E-state index contributed by atoms with van der Waals surface area (Å²) in [6.45, 7) is 3.47. The van der Waals surface area contributed by atoms with Crippen LogP contribution in [0.15, 0.2) is 42.6 Å². The van der Waals surface area contributed by atoms with E-state index in [2.05, 4.69) is 46.3 Å². The second-order valence-electron chi connectivity index (χ2n) is 6.93. The van der Waals surface area contributed by atoms with E-state index in [0.717, 1.165) is 54.7 Å². The molecule has 0 atom stereocenters. The number of benzene rings is 1. The summed E-state index contributed by atoms with van der Waals surface area (Å²) in [6.07, 6.45) is 5.23. The fraction of sp³-hybridized carbons (Fsp3) is 0.333. The molecule has 0 amide bonds. The molecule has 0 radical (unpaired) electrons. The third kappa shape index (κ3) is 2.69. The molecule has 5 heteroatoms. The quantitative estimate of drug-likeness (QED) is 0.783. The number of hydrogen-bond donors (Lipinski definition) is 1. The molecule has 0 bridgehead atoms. The molecule has 3 aromatic rings. The molecule has 0 unspecified atom stereocenters. The van der Waals surface area contributed by atoms with Gasteiger partial charge in [0, 0.05) is 25.7 Å². The summed E-state index contributed by atoms with van der Waals surface area (Å²) in [7, 11) is 0. The number of nitrogens with zero attached hydrogens (tertiary/aromatic N) is 3. The molecule has 2 aliphatic heterocycles. The first-order valence-electron chi connectivity index (χ1n) is 9.35. The first kappa shape index (κ1) is 15.6. The average molecular weight is 346 g/mol. The molecule has 4 heterocycles. The van der Waals surface area contributed by atoms with Crippen molar-refractivity contribution in [3.8, 4) is 22.5 Å². The van der Waals surface area contributed by atoms with Gasteiger partial charge in [0.25, 0.3) is 0 Å². The summed E-state index contributed by atoms with van der Waals surface area (Å²) in [4.78, 5) is 15.6. The van der Waals surface area contributed by atoms with Crippen LogP contribution in [0.4, 0.5) is 5.82 Å². The summed E-state index contributed by atoms with van der Waals surface area (Å²) in [5.41, 5.74) is 5.70. The number of aromatic amines is 1. The minimum Gasteiger partial charge on any atom is -0.375 e. The number of aromatic nitrogens is 3. The van der Waals surface area contributed by atoms with E-state index in [1.54, 1.807) is 0 Å². The molecule has 0 aliphatic carbocycles. The number of nitrogens with one attached hydrogen (secondary N) is 1. The zero-order valence-electron chi connectivity index (χ0n) is 14.7. The Balaban J connectivity index is 1.71. The van der Waals surface area contributed by atoms with E-state index in [4.69, 9.17) is 14.7 Å². The smallest absolute Gasteiger partial charge is 0.142 e. The standard InChI is InChI=1S/C21H22N4O/c1-2-6-15(7-3-1)16-8-10-22-21(25-11-4-5-12-25)19(16)20-23-17-9-13-26-14-18(17)24-20/h1-3,6-8,10H,4-5,9,11-14H2,(H,23,24). The maximum Gasteiger partial charge on any atom is 0.142 e. The maximum atomic E-state index is 5.59. The van der Waals surface area contributed by atoms with Gasteiger partial charge in [-0.1, -0.05) is 30.3 Å². The van der Waals surface area contributed by atoms with Crippen molar-refractivity contribution in [2.45, 2.75) is 25.9 Å². The highest BCUT2D eigenvalue weighted by Gasteiger charge is 2.25. The number of imidazole rings is 1. The number of fused-ring (bicyclic) bond motifs is 1. The van der Waals surface area contributed by atoms with Crippen molar-refractivity contribution < 1.29 is 4.74 Å². The Labute approximate surface area is 153 Å². The van der Waals surface area contributed by atoms with Crippen LogP contribution in [-0.2, 0) is 17.8 Å². The number of anilines is 1. The second-order valence-corrected chi connectivity index (χ2v) is 6.93. The van der Waals surface area contributed by atoms with Crippen molar-refractivity contribution in [2.24, 2.45) is 0 Å². The van der Waals surface area contributed by atoms with E-state index in [-0.39, 0.29) is 0 Å². The second kappa shape index (κ2) is 6.57. The van der Waals surface area contributed by atoms with Gasteiger partial charge >= 0.3 is 0 Å². The molecule has 0 saturated carbocycles. The zero-order valence-corrected chi connectivity index (χ0v) is 14.7. The lowest BCUT2D eigenvalue weighted by Gasteiger charge is -2.21. The van der Waals surface area contributed by atoms with Crippen LogP contribution < -0.4 is 4.90 Å².